The van der Waals surface area contributed by atoms with Crippen molar-refractivity contribution in [3.63, 3.8) is 0 Å². The van der Waals surface area contributed by atoms with Gasteiger partial charge in [-0.15, -0.1) is 0 Å². The minimum atomic E-state index is -1.37. The van der Waals surface area contributed by atoms with Crippen molar-refractivity contribution in [3.8, 4) is 5.75 Å². The summed E-state index contributed by atoms with van der Waals surface area (Å²) in [6.07, 6.45) is 8.38. The van der Waals surface area contributed by atoms with Crippen LogP contribution in [-0.4, -0.2) is 34.5 Å². The molecule has 0 bridgehead atoms. The normalized spacial score (nSPS) is 14.8. The van der Waals surface area contributed by atoms with Gasteiger partial charge < -0.3 is 23.8 Å². The maximum atomic E-state index is 13.0. The molecule has 0 radical (unpaired) electrons. The van der Waals surface area contributed by atoms with Crippen molar-refractivity contribution in [2.75, 3.05) is 0 Å². The predicted octanol–water partition coefficient (Wildman–Crippen LogP) is 4.43. The molecule has 0 saturated heterocycles. The Balaban J connectivity index is 1.70. The van der Waals surface area contributed by atoms with Gasteiger partial charge in [0.1, 0.15) is 11.5 Å². The molecular weight excluding hydrogens is 498 g/mol. The number of halogens is 1. The summed E-state index contributed by atoms with van der Waals surface area (Å²) < 4.78 is 22.5. The number of aromatic nitrogens is 3. The molecule has 1 fully saturated rings. The van der Waals surface area contributed by atoms with Gasteiger partial charge in [0.05, 0.1) is 46.2 Å². The quantitative estimate of drug-likeness (QED) is 0.357. The van der Waals surface area contributed by atoms with Gasteiger partial charge in [-0.25, -0.2) is 9.78 Å². The second-order valence-electron chi connectivity index (χ2n) is 7.85. The zero-order valence-corrected chi connectivity index (χ0v) is 19.3. The third-order valence-electron chi connectivity index (χ3n) is 5.63. The van der Waals surface area contributed by atoms with E-state index in [1.54, 1.807) is 41.5 Å². The lowest BCUT2D eigenvalue weighted by molar-refractivity contribution is 0.0697. The van der Waals surface area contributed by atoms with Crippen LogP contribution < -0.4 is 0 Å². The Morgan fingerprint density at radius 1 is 1.34 bits per heavy atom. The number of hydrogen-bond donors (Lipinski definition) is 2. The molecule has 1 aliphatic rings. The van der Waals surface area contributed by atoms with Gasteiger partial charge in [0.25, 0.3) is 0 Å². The van der Waals surface area contributed by atoms with E-state index in [1.165, 1.54) is 6.26 Å². The second kappa shape index (κ2) is 8.25. The highest BCUT2D eigenvalue weighted by Crippen LogP contribution is 2.46. The van der Waals surface area contributed by atoms with Gasteiger partial charge in [0.15, 0.2) is 0 Å². The van der Waals surface area contributed by atoms with E-state index in [0.29, 0.717) is 26.9 Å². The number of hydrogen-bond acceptors (Lipinski definition) is 5. The van der Waals surface area contributed by atoms with Crippen LogP contribution in [0.5, 0.6) is 5.75 Å². The monoisotopic (exact) mass is 517 g/mol. The number of furan rings is 1. The number of carboxylic acid groups (broad SMARTS) is 1. The van der Waals surface area contributed by atoms with Crippen molar-refractivity contribution in [2.24, 2.45) is 0 Å². The molecule has 10 heteroatoms. The van der Waals surface area contributed by atoms with Crippen molar-refractivity contribution in [2.45, 2.75) is 36.9 Å². The molecule has 166 valence electrons. The Morgan fingerprint density at radius 3 is 2.78 bits per heavy atom. The third kappa shape index (κ3) is 3.77. The van der Waals surface area contributed by atoms with Crippen molar-refractivity contribution in [1.29, 1.82) is 0 Å². The highest BCUT2D eigenvalue weighted by molar-refractivity contribution is 9.10. The average Bonchev–Trinajstić information content (AvgIpc) is 3.13. The summed E-state index contributed by atoms with van der Waals surface area (Å²) in [5, 5.41) is 21.5. The van der Waals surface area contributed by atoms with Crippen LogP contribution in [0.4, 0.5) is 0 Å². The van der Waals surface area contributed by atoms with Crippen LogP contribution in [0, 0.1) is 0 Å². The van der Waals surface area contributed by atoms with Crippen LogP contribution >= 0.6 is 15.9 Å². The van der Waals surface area contributed by atoms with Crippen molar-refractivity contribution < 1.29 is 23.6 Å². The van der Waals surface area contributed by atoms with Crippen molar-refractivity contribution >= 4 is 43.6 Å². The van der Waals surface area contributed by atoms with E-state index in [0.717, 1.165) is 18.4 Å². The number of carbonyl (C=O) groups is 1. The lowest BCUT2D eigenvalue weighted by Crippen LogP contribution is -2.10. The highest BCUT2D eigenvalue weighted by Gasteiger charge is 2.34. The van der Waals surface area contributed by atoms with E-state index in [9.17, 15) is 19.2 Å². The van der Waals surface area contributed by atoms with E-state index >= 15 is 0 Å². The maximum Gasteiger partial charge on any atom is 0.338 e. The number of benzene rings is 1. The van der Waals surface area contributed by atoms with Crippen LogP contribution in [0.3, 0.4) is 0 Å². The van der Waals surface area contributed by atoms with Gasteiger partial charge in [0.2, 0.25) is 0 Å². The first kappa shape index (κ1) is 21.0. The van der Waals surface area contributed by atoms with Gasteiger partial charge in [0, 0.05) is 45.9 Å². The Morgan fingerprint density at radius 2 is 2.16 bits per heavy atom. The van der Waals surface area contributed by atoms with E-state index in [1.807, 2.05) is 4.57 Å². The Kier molecular flexibility index (Phi) is 5.42. The molecule has 1 atom stereocenters. The smallest absolute Gasteiger partial charge is 0.338 e. The molecule has 0 spiro atoms. The Bertz CT molecular complexity index is 1320. The maximum absolute atomic E-state index is 13.0. The minimum absolute atomic E-state index is 0.00935. The van der Waals surface area contributed by atoms with E-state index in [4.69, 9.17) is 4.42 Å². The molecule has 1 unspecified atom stereocenters. The van der Waals surface area contributed by atoms with Crippen LogP contribution in [0.25, 0.3) is 10.9 Å². The molecule has 32 heavy (non-hydrogen) atoms. The van der Waals surface area contributed by atoms with Crippen LogP contribution in [0.1, 0.15) is 46.3 Å². The molecule has 0 amide bonds. The fourth-order valence-corrected chi connectivity index (χ4v) is 5.78. The topological polar surface area (TPSA) is 110 Å². The number of aromatic carboxylic acids is 1. The molecule has 8 nitrogen and oxygen atoms in total. The SMILES string of the molecule is O=C(O)c1c(CS(=O)Cc2ccco2)n(C2CC2)c2cc(Br)c(O)c(Cn3ccnc3)c12. The summed E-state index contributed by atoms with van der Waals surface area (Å²) in [7, 11) is -1.37. The average molecular weight is 518 g/mol. The van der Waals surface area contributed by atoms with Gasteiger partial charge in [-0.3, -0.25) is 4.21 Å². The number of fused-ring (bicyclic) bond motifs is 1. The van der Waals surface area contributed by atoms with Crippen molar-refractivity contribution in [1.82, 2.24) is 14.1 Å². The van der Waals surface area contributed by atoms with Crippen LogP contribution in [0.2, 0.25) is 0 Å². The third-order valence-corrected chi connectivity index (χ3v) is 7.44. The number of imidazole rings is 1. The number of carboxylic acids is 1. The van der Waals surface area contributed by atoms with E-state index in [-0.39, 0.29) is 35.4 Å². The van der Waals surface area contributed by atoms with E-state index in [2.05, 4.69) is 20.9 Å². The standard InChI is InChI=1S/C22H20BrN3O5S/c23-16-8-17-19(15(21(16)27)9-25-6-5-24-12-25)20(22(28)29)18(26(17)13-3-4-13)11-32(30)10-14-2-1-7-31-14/h1-2,5-8,12-13,27H,3-4,9-11H2,(H,28,29). The first-order valence-corrected chi connectivity index (χ1v) is 12.4. The van der Waals surface area contributed by atoms with Gasteiger partial charge in [-0.05, 0) is 47.0 Å². The highest BCUT2D eigenvalue weighted by atomic mass is 79.9. The predicted molar refractivity (Wildman–Crippen MR) is 122 cm³/mol. The molecule has 1 aromatic carbocycles. The number of aromatic hydroxyl groups is 1. The summed E-state index contributed by atoms with van der Waals surface area (Å²) in [6, 6.07) is 5.40. The fourth-order valence-electron chi connectivity index (χ4n) is 4.15. The molecule has 3 aromatic heterocycles. The van der Waals surface area contributed by atoms with Gasteiger partial charge in [-0.1, -0.05) is 0 Å². The lowest BCUT2D eigenvalue weighted by atomic mass is 10.0. The zero-order chi connectivity index (χ0) is 22.4. The number of nitrogens with zero attached hydrogens (tertiary/aromatic N) is 3. The van der Waals surface area contributed by atoms with Gasteiger partial charge in [-0.2, -0.15) is 0 Å². The summed E-state index contributed by atoms with van der Waals surface area (Å²) in [5.41, 5.74) is 1.82. The Hall–Kier alpha value is -2.85. The molecule has 3 heterocycles. The molecular formula is C22H20BrN3O5S. The number of phenolic OH excluding ortho intramolecular Hbond substituents is 1. The summed E-state index contributed by atoms with van der Waals surface area (Å²) in [6.45, 7) is 0.256. The fraction of sp³-hybridized carbons (Fsp3) is 0.273. The summed E-state index contributed by atoms with van der Waals surface area (Å²) >= 11 is 3.43. The van der Waals surface area contributed by atoms with Crippen LogP contribution in [-0.2, 0) is 28.9 Å². The summed E-state index contributed by atoms with van der Waals surface area (Å²) in [5.74, 6) is -0.237. The molecule has 0 aliphatic heterocycles. The number of rotatable bonds is 8. The largest absolute Gasteiger partial charge is 0.506 e. The first-order valence-electron chi connectivity index (χ1n) is 10.1. The summed E-state index contributed by atoms with van der Waals surface area (Å²) in [4.78, 5) is 16.5. The van der Waals surface area contributed by atoms with Gasteiger partial charge >= 0.3 is 5.97 Å². The molecule has 2 N–H and O–H groups in total. The molecule has 5 rings (SSSR count). The molecule has 1 saturated carbocycles. The van der Waals surface area contributed by atoms with Crippen LogP contribution in [0.15, 0.2) is 52.1 Å². The molecule has 1 aliphatic carbocycles. The zero-order valence-electron chi connectivity index (χ0n) is 16.9. The Labute approximate surface area is 194 Å². The molecule has 4 aromatic rings. The number of phenols is 1. The second-order valence-corrected chi connectivity index (χ2v) is 10.2. The van der Waals surface area contributed by atoms with Crippen molar-refractivity contribution in [3.05, 3.63) is 70.2 Å². The minimum Gasteiger partial charge on any atom is -0.506 e. The lowest BCUT2D eigenvalue weighted by Gasteiger charge is -2.12. The van der Waals surface area contributed by atoms with E-state index < -0.39 is 16.8 Å². The first-order chi connectivity index (χ1) is 15.4.